The average molecular weight is 471 g/mol. The highest BCUT2D eigenvalue weighted by atomic mass is 79.9. The number of aromatic amines is 1. The molecule has 29 heavy (non-hydrogen) atoms. The lowest BCUT2D eigenvalue weighted by atomic mass is 10.1. The van der Waals surface area contributed by atoms with E-state index in [1.54, 1.807) is 16.7 Å². The Kier molecular flexibility index (Phi) is 5.56. The lowest BCUT2D eigenvalue weighted by Gasteiger charge is -2.12. The van der Waals surface area contributed by atoms with E-state index in [1.807, 2.05) is 38.1 Å². The highest BCUT2D eigenvalue weighted by Gasteiger charge is 2.13. The third kappa shape index (κ3) is 3.86. The van der Waals surface area contributed by atoms with Crippen molar-refractivity contribution in [3.8, 4) is 0 Å². The van der Waals surface area contributed by atoms with Gasteiger partial charge in [-0.3, -0.25) is 14.2 Å². The van der Waals surface area contributed by atoms with Crippen LogP contribution < -0.4 is 11.1 Å². The van der Waals surface area contributed by atoms with Crippen molar-refractivity contribution >= 4 is 49.5 Å². The fourth-order valence-corrected chi connectivity index (χ4v) is 4.51. The highest BCUT2D eigenvalue weighted by Crippen LogP contribution is 2.23. The Hall–Kier alpha value is -2.45. The van der Waals surface area contributed by atoms with Crippen LogP contribution in [0.5, 0.6) is 0 Å². The smallest absolute Gasteiger partial charge is 0.262 e. The number of benzene rings is 2. The number of H-pyrrole nitrogens is 1. The Morgan fingerprint density at radius 2 is 1.97 bits per heavy atom. The molecular formula is C21H19BrN4O2S. The van der Waals surface area contributed by atoms with Crippen LogP contribution in [0, 0.1) is 6.92 Å². The van der Waals surface area contributed by atoms with Crippen LogP contribution in [0.3, 0.4) is 0 Å². The van der Waals surface area contributed by atoms with E-state index in [0.29, 0.717) is 45.1 Å². The number of rotatable bonds is 5. The van der Waals surface area contributed by atoms with E-state index in [0.717, 1.165) is 16.5 Å². The Balaban J connectivity index is 1.75. The first-order valence-corrected chi connectivity index (χ1v) is 11.1. The van der Waals surface area contributed by atoms with Gasteiger partial charge in [-0.1, -0.05) is 46.7 Å². The number of hydrogen-bond acceptors (Lipinski definition) is 5. The van der Waals surface area contributed by atoms with E-state index < -0.39 is 0 Å². The summed E-state index contributed by atoms with van der Waals surface area (Å²) < 4.78 is 2.55. The van der Waals surface area contributed by atoms with E-state index in [1.165, 1.54) is 11.8 Å². The topological polar surface area (TPSA) is 80.6 Å². The Morgan fingerprint density at radius 1 is 1.14 bits per heavy atom. The summed E-state index contributed by atoms with van der Waals surface area (Å²) in [5.74, 6) is 0.979. The van der Waals surface area contributed by atoms with Gasteiger partial charge in [0.2, 0.25) is 0 Å². The largest absolute Gasteiger partial charge is 0.309 e. The number of aromatic nitrogens is 4. The molecule has 0 unspecified atom stereocenters. The number of para-hydroxylation sites is 1. The highest BCUT2D eigenvalue weighted by molar-refractivity contribution is 9.10. The normalized spacial score (nSPS) is 11.4. The van der Waals surface area contributed by atoms with Crippen molar-refractivity contribution in [1.82, 2.24) is 19.5 Å². The maximum Gasteiger partial charge on any atom is 0.262 e. The molecule has 148 valence electrons. The second-order valence-corrected chi connectivity index (χ2v) is 8.64. The number of halogens is 1. The molecule has 2 aromatic heterocycles. The molecule has 1 N–H and O–H groups in total. The fraction of sp³-hybridized carbons (Fsp3) is 0.238. The van der Waals surface area contributed by atoms with Crippen LogP contribution in [0.2, 0.25) is 0 Å². The number of thioether (sulfide) groups is 1. The van der Waals surface area contributed by atoms with E-state index >= 15 is 0 Å². The third-order valence-corrected chi connectivity index (χ3v) is 6.13. The van der Waals surface area contributed by atoms with Gasteiger partial charge in [-0.15, -0.1) is 0 Å². The second-order valence-electron chi connectivity index (χ2n) is 6.79. The first kappa shape index (κ1) is 19.8. The first-order valence-electron chi connectivity index (χ1n) is 9.29. The van der Waals surface area contributed by atoms with Crippen molar-refractivity contribution in [2.45, 2.75) is 37.7 Å². The molecule has 8 heteroatoms. The summed E-state index contributed by atoms with van der Waals surface area (Å²) >= 11 is 4.82. The van der Waals surface area contributed by atoms with Crippen LogP contribution in [-0.4, -0.2) is 19.5 Å². The molecule has 2 heterocycles. The van der Waals surface area contributed by atoms with Crippen molar-refractivity contribution in [2.75, 3.05) is 0 Å². The van der Waals surface area contributed by atoms with E-state index in [4.69, 9.17) is 4.98 Å². The lowest BCUT2D eigenvalue weighted by Crippen LogP contribution is -2.23. The van der Waals surface area contributed by atoms with Gasteiger partial charge in [0.05, 0.1) is 27.6 Å². The van der Waals surface area contributed by atoms with E-state index in [-0.39, 0.29) is 11.1 Å². The molecule has 0 saturated heterocycles. The number of nitrogens with zero attached hydrogens (tertiary/aromatic N) is 3. The molecule has 4 rings (SSSR count). The Morgan fingerprint density at radius 3 is 2.76 bits per heavy atom. The molecule has 0 spiro atoms. The molecule has 0 amide bonds. The summed E-state index contributed by atoms with van der Waals surface area (Å²) in [4.78, 5) is 37.6. The standard InChI is InChI=1S/C21H19BrN4O2S/c1-3-9-26-20(28)15-10-13(22)7-8-16(15)23-21(26)29-11-17-24-18-12(2)5-4-6-14(18)19(27)25-17/h4-8,10H,3,9,11H2,1-2H3,(H,24,25,27). The van der Waals surface area contributed by atoms with E-state index in [9.17, 15) is 9.59 Å². The molecule has 0 bridgehead atoms. The van der Waals surface area contributed by atoms with Gasteiger partial charge in [-0.25, -0.2) is 9.97 Å². The average Bonchev–Trinajstić information content (AvgIpc) is 2.70. The number of aryl methyl sites for hydroxylation is 1. The summed E-state index contributed by atoms with van der Waals surface area (Å²) in [5, 5.41) is 1.79. The molecule has 0 aliphatic carbocycles. The van der Waals surface area contributed by atoms with Gasteiger partial charge in [-0.2, -0.15) is 0 Å². The number of hydrogen-bond donors (Lipinski definition) is 1. The van der Waals surface area contributed by atoms with Gasteiger partial charge in [0.1, 0.15) is 5.82 Å². The van der Waals surface area contributed by atoms with Crippen LogP contribution in [0.25, 0.3) is 21.8 Å². The molecule has 0 atom stereocenters. The zero-order valence-electron chi connectivity index (χ0n) is 16.0. The van der Waals surface area contributed by atoms with Crippen LogP contribution in [-0.2, 0) is 12.3 Å². The van der Waals surface area contributed by atoms with Crippen LogP contribution in [0.4, 0.5) is 0 Å². The zero-order chi connectivity index (χ0) is 20.5. The molecular weight excluding hydrogens is 452 g/mol. The molecule has 4 aromatic rings. The van der Waals surface area contributed by atoms with Gasteiger partial charge in [-0.05, 0) is 43.2 Å². The quantitative estimate of drug-likeness (QED) is 0.345. The van der Waals surface area contributed by atoms with Crippen molar-refractivity contribution in [1.29, 1.82) is 0 Å². The summed E-state index contributed by atoms with van der Waals surface area (Å²) in [6.45, 7) is 4.54. The molecule has 0 aliphatic heterocycles. The molecule has 0 aliphatic rings. The van der Waals surface area contributed by atoms with E-state index in [2.05, 4.69) is 25.9 Å². The minimum absolute atomic E-state index is 0.0588. The number of nitrogens with one attached hydrogen (secondary N) is 1. The van der Waals surface area contributed by atoms with Gasteiger partial charge in [0, 0.05) is 11.0 Å². The van der Waals surface area contributed by atoms with Crippen LogP contribution >= 0.6 is 27.7 Å². The predicted octanol–water partition coefficient (Wildman–Crippen LogP) is 4.41. The summed E-state index contributed by atoms with van der Waals surface area (Å²) in [7, 11) is 0. The molecule has 2 aromatic carbocycles. The minimum Gasteiger partial charge on any atom is -0.309 e. The predicted molar refractivity (Wildman–Crippen MR) is 121 cm³/mol. The summed E-state index contributed by atoms with van der Waals surface area (Å²) in [6.07, 6.45) is 0.818. The van der Waals surface area contributed by atoms with Crippen molar-refractivity contribution < 1.29 is 0 Å². The third-order valence-electron chi connectivity index (χ3n) is 4.65. The maximum absolute atomic E-state index is 13.0. The minimum atomic E-state index is -0.156. The SMILES string of the molecule is CCCn1c(SCc2nc3c(C)cccc3c(=O)[nH]2)nc2ccc(Br)cc2c1=O. The molecule has 0 radical (unpaired) electrons. The number of fused-ring (bicyclic) bond motifs is 2. The molecule has 0 saturated carbocycles. The van der Waals surface area contributed by atoms with Crippen molar-refractivity contribution in [2.24, 2.45) is 0 Å². The Bertz CT molecular complexity index is 1350. The van der Waals surface area contributed by atoms with Crippen molar-refractivity contribution in [3.63, 3.8) is 0 Å². The van der Waals surface area contributed by atoms with Gasteiger partial charge in [0.15, 0.2) is 5.16 Å². The fourth-order valence-electron chi connectivity index (χ4n) is 3.26. The monoisotopic (exact) mass is 470 g/mol. The Labute approximate surface area is 179 Å². The molecule has 0 fully saturated rings. The van der Waals surface area contributed by atoms with Gasteiger partial charge in [0.25, 0.3) is 11.1 Å². The summed E-state index contributed by atoms with van der Waals surface area (Å²) in [5.41, 5.74) is 2.10. The van der Waals surface area contributed by atoms with Crippen LogP contribution in [0.15, 0.2) is 55.6 Å². The van der Waals surface area contributed by atoms with Crippen molar-refractivity contribution in [3.05, 3.63) is 73.0 Å². The van der Waals surface area contributed by atoms with Crippen LogP contribution in [0.1, 0.15) is 24.7 Å². The second kappa shape index (κ2) is 8.12. The first-order chi connectivity index (χ1) is 14.0. The summed E-state index contributed by atoms with van der Waals surface area (Å²) in [6, 6.07) is 11.1. The van der Waals surface area contributed by atoms with Gasteiger partial charge >= 0.3 is 0 Å². The maximum atomic E-state index is 13.0. The molecule has 6 nitrogen and oxygen atoms in total. The lowest BCUT2D eigenvalue weighted by molar-refractivity contribution is 0.584. The van der Waals surface area contributed by atoms with Gasteiger partial charge < -0.3 is 4.98 Å². The zero-order valence-corrected chi connectivity index (χ0v) is 18.4.